The quantitative estimate of drug-likeness (QED) is 0.715. The molecule has 16 heavy (non-hydrogen) atoms. The van der Waals surface area contributed by atoms with Crippen LogP contribution in [0.5, 0.6) is 0 Å². The van der Waals surface area contributed by atoms with Crippen molar-refractivity contribution in [3.63, 3.8) is 0 Å². The van der Waals surface area contributed by atoms with E-state index in [0.29, 0.717) is 6.42 Å². The van der Waals surface area contributed by atoms with Gasteiger partial charge in [0.2, 0.25) is 0 Å². The van der Waals surface area contributed by atoms with Crippen LogP contribution in [0.3, 0.4) is 0 Å². The number of hydrogen-bond donors (Lipinski definition) is 1. The summed E-state index contributed by atoms with van der Waals surface area (Å²) in [6.07, 6.45) is -1.72. The fourth-order valence-electron chi connectivity index (χ4n) is 1.24. The zero-order chi connectivity index (χ0) is 12.5. The number of hydrogen-bond acceptors (Lipinski definition) is 3. The Morgan fingerprint density at radius 3 is 2.38 bits per heavy atom. The molecule has 0 aromatic heterocycles. The van der Waals surface area contributed by atoms with Crippen molar-refractivity contribution in [3.8, 4) is 0 Å². The summed E-state index contributed by atoms with van der Waals surface area (Å²) in [5.41, 5.74) is -0.0756. The lowest BCUT2D eigenvalue weighted by molar-refractivity contribution is -0.144. The molecule has 1 rings (SSSR count). The van der Waals surface area contributed by atoms with Crippen LogP contribution in [0.15, 0.2) is 0 Å². The third kappa shape index (κ3) is 2.77. The van der Waals surface area contributed by atoms with Crippen LogP contribution in [-0.4, -0.2) is 35.5 Å². The molecule has 0 saturated carbocycles. The van der Waals surface area contributed by atoms with Crippen molar-refractivity contribution in [1.29, 1.82) is 0 Å². The van der Waals surface area contributed by atoms with E-state index in [2.05, 4.69) is 0 Å². The summed E-state index contributed by atoms with van der Waals surface area (Å²) in [4.78, 5) is 34.2. The molecule has 0 spiro atoms. The Bertz CT molecular complexity index is 335. The minimum Gasteiger partial charge on any atom is -0.275 e. The molecule has 5 nitrogen and oxygen atoms in total. The summed E-state index contributed by atoms with van der Waals surface area (Å²) in [5.74, 6) is -2.25. The Kier molecular flexibility index (Phi) is 3.30. The first-order chi connectivity index (χ1) is 7.22. The highest BCUT2D eigenvalue weighted by atomic mass is 19.1. The summed E-state index contributed by atoms with van der Waals surface area (Å²) >= 11 is 0. The fraction of sp³-hybridized carbons (Fsp3) is 0.700. The number of carbonyl (C=O) groups excluding carboxylic acids is 3. The van der Waals surface area contributed by atoms with Gasteiger partial charge in [-0.2, -0.15) is 0 Å². The van der Waals surface area contributed by atoms with E-state index in [-0.39, 0.29) is 12.0 Å². The van der Waals surface area contributed by atoms with Gasteiger partial charge in [0, 0.05) is 6.54 Å². The summed E-state index contributed by atoms with van der Waals surface area (Å²) in [5, 5.41) is 1.80. The number of carbonyl (C=O) groups is 3. The molecule has 4 amide bonds. The Balaban J connectivity index is 2.69. The Hall–Kier alpha value is -1.46. The summed E-state index contributed by atoms with van der Waals surface area (Å²) in [6.45, 7) is 5.94. The van der Waals surface area contributed by atoms with Gasteiger partial charge in [-0.15, -0.1) is 0 Å². The van der Waals surface area contributed by atoms with Crippen LogP contribution in [0.2, 0.25) is 0 Å². The molecule has 6 heteroatoms. The molecule has 90 valence electrons. The minimum absolute atomic E-state index is 0.0756. The molecule has 1 aliphatic heterocycles. The van der Waals surface area contributed by atoms with E-state index in [1.165, 1.54) is 0 Å². The van der Waals surface area contributed by atoms with Gasteiger partial charge in [-0.3, -0.25) is 19.8 Å². The third-order valence-corrected chi connectivity index (χ3v) is 2.27. The molecule has 1 unspecified atom stereocenters. The van der Waals surface area contributed by atoms with Crippen molar-refractivity contribution >= 4 is 17.8 Å². The van der Waals surface area contributed by atoms with E-state index in [1.54, 1.807) is 5.32 Å². The molecular weight excluding hydrogens is 215 g/mol. The highest BCUT2D eigenvalue weighted by Gasteiger charge is 2.40. The maximum absolute atomic E-state index is 13.1. The highest BCUT2D eigenvalue weighted by molar-refractivity contribution is 6.17. The van der Waals surface area contributed by atoms with E-state index in [9.17, 15) is 18.8 Å². The standard InChI is InChI=1S/C10H15FN2O3/c1-10(2,3)4-5-13-8(15)6(11)7(14)12-9(13)16/h6H,4-5H2,1-3H3,(H,12,14,16). The number of urea groups is 1. The van der Waals surface area contributed by atoms with Gasteiger partial charge in [0.15, 0.2) is 0 Å². The maximum atomic E-state index is 13.1. The molecule has 0 aromatic carbocycles. The Morgan fingerprint density at radius 2 is 1.88 bits per heavy atom. The number of rotatable bonds is 2. The van der Waals surface area contributed by atoms with Crippen LogP contribution in [0.25, 0.3) is 0 Å². The zero-order valence-corrected chi connectivity index (χ0v) is 9.54. The molecule has 0 aromatic rings. The normalized spacial score (nSPS) is 22.4. The molecule has 0 radical (unpaired) electrons. The van der Waals surface area contributed by atoms with E-state index >= 15 is 0 Å². The number of imide groups is 2. The van der Waals surface area contributed by atoms with Crippen LogP contribution >= 0.6 is 0 Å². The Morgan fingerprint density at radius 1 is 1.31 bits per heavy atom. The van der Waals surface area contributed by atoms with Crippen LogP contribution in [0.4, 0.5) is 9.18 Å². The monoisotopic (exact) mass is 230 g/mol. The molecular formula is C10H15FN2O3. The number of barbiturate groups is 1. The van der Waals surface area contributed by atoms with Gasteiger partial charge in [0.25, 0.3) is 18.0 Å². The van der Waals surface area contributed by atoms with Crippen molar-refractivity contribution in [1.82, 2.24) is 10.2 Å². The van der Waals surface area contributed by atoms with Crippen LogP contribution in [0.1, 0.15) is 27.2 Å². The summed E-state index contributed by atoms with van der Waals surface area (Å²) in [6, 6.07) is -0.840. The predicted molar refractivity (Wildman–Crippen MR) is 54.2 cm³/mol. The molecule has 1 aliphatic rings. The van der Waals surface area contributed by atoms with Gasteiger partial charge >= 0.3 is 6.03 Å². The third-order valence-electron chi connectivity index (χ3n) is 2.27. The lowest BCUT2D eigenvalue weighted by Crippen LogP contribution is -2.59. The second kappa shape index (κ2) is 4.19. The van der Waals surface area contributed by atoms with Gasteiger partial charge in [0.05, 0.1) is 0 Å². The summed E-state index contributed by atoms with van der Waals surface area (Å²) < 4.78 is 13.1. The molecule has 1 heterocycles. The van der Waals surface area contributed by atoms with E-state index < -0.39 is 24.0 Å². The SMILES string of the molecule is CC(C)(C)CCN1C(=O)NC(=O)C(F)C1=O. The van der Waals surface area contributed by atoms with Crippen LogP contribution < -0.4 is 5.32 Å². The molecule has 1 atom stereocenters. The number of amides is 4. The van der Waals surface area contributed by atoms with Crippen molar-refractivity contribution < 1.29 is 18.8 Å². The lowest BCUT2D eigenvalue weighted by atomic mass is 9.92. The van der Waals surface area contributed by atoms with Gasteiger partial charge in [0.1, 0.15) is 0 Å². The molecule has 1 N–H and O–H groups in total. The predicted octanol–water partition coefficient (Wildman–Crippen LogP) is 0.839. The average molecular weight is 230 g/mol. The topological polar surface area (TPSA) is 66.5 Å². The summed E-state index contributed by atoms with van der Waals surface area (Å²) in [7, 11) is 0. The van der Waals surface area contributed by atoms with Gasteiger partial charge in [-0.05, 0) is 11.8 Å². The molecule has 1 saturated heterocycles. The second-order valence-electron chi connectivity index (χ2n) is 4.96. The first-order valence-electron chi connectivity index (χ1n) is 5.02. The van der Waals surface area contributed by atoms with Crippen molar-refractivity contribution in [2.24, 2.45) is 5.41 Å². The number of halogens is 1. The number of nitrogens with one attached hydrogen (secondary N) is 1. The minimum atomic E-state index is -2.27. The van der Waals surface area contributed by atoms with E-state index in [4.69, 9.17) is 0 Å². The van der Waals surface area contributed by atoms with Gasteiger partial charge < -0.3 is 0 Å². The maximum Gasteiger partial charge on any atom is 0.330 e. The Labute approximate surface area is 93.0 Å². The fourth-order valence-corrected chi connectivity index (χ4v) is 1.24. The highest BCUT2D eigenvalue weighted by Crippen LogP contribution is 2.20. The van der Waals surface area contributed by atoms with Crippen molar-refractivity contribution in [3.05, 3.63) is 0 Å². The van der Waals surface area contributed by atoms with E-state index in [0.717, 1.165) is 4.90 Å². The average Bonchev–Trinajstić information content (AvgIpc) is 2.12. The molecule has 0 aliphatic carbocycles. The first kappa shape index (κ1) is 12.6. The van der Waals surface area contributed by atoms with Gasteiger partial charge in [-0.1, -0.05) is 20.8 Å². The second-order valence-corrected chi connectivity index (χ2v) is 4.96. The lowest BCUT2D eigenvalue weighted by Gasteiger charge is -2.29. The van der Waals surface area contributed by atoms with E-state index in [1.807, 2.05) is 20.8 Å². The zero-order valence-electron chi connectivity index (χ0n) is 9.54. The van der Waals surface area contributed by atoms with Crippen LogP contribution in [-0.2, 0) is 9.59 Å². The first-order valence-corrected chi connectivity index (χ1v) is 5.02. The number of alkyl halides is 1. The van der Waals surface area contributed by atoms with Crippen LogP contribution in [0, 0.1) is 5.41 Å². The number of nitrogens with zero attached hydrogens (tertiary/aromatic N) is 1. The van der Waals surface area contributed by atoms with Crippen molar-refractivity contribution in [2.45, 2.75) is 33.4 Å². The largest absolute Gasteiger partial charge is 0.330 e. The van der Waals surface area contributed by atoms with Crippen molar-refractivity contribution in [2.75, 3.05) is 6.54 Å². The smallest absolute Gasteiger partial charge is 0.275 e. The molecule has 1 fully saturated rings. The van der Waals surface area contributed by atoms with Gasteiger partial charge in [-0.25, -0.2) is 9.18 Å². The molecule has 0 bridgehead atoms.